The molecular weight excluding hydrogens is 552 g/mol. The molecule has 3 aliphatic rings. The predicted molar refractivity (Wildman–Crippen MR) is 157 cm³/mol. The van der Waals surface area contributed by atoms with Gasteiger partial charge >= 0.3 is 0 Å². The zero-order chi connectivity index (χ0) is 30.2. The number of rotatable bonds is 4. The Labute approximate surface area is 245 Å². The minimum absolute atomic E-state index is 0.0142. The number of allylic oxidation sites excluding steroid dienone is 2. The van der Waals surface area contributed by atoms with Crippen LogP contribution in [0.15, 0.2) is 89.1 Å². The molecule has 43 heavy (non-hydrogen) atoms. The van der Waals surface area contributed by atoms with Crippen LogP contribution in [0.5, 0.6) is 28.7 Å². The van der Waals surface area contributed by atoms with Crippen LogP contribution in [0.3, 0.4) is 0 Å². The Kier molecular flexibility index (Phi) is 5.87. The Balaban J connectivity index is 1.38. The van der Waals surface area contributed by atoms with Gasteiger partial charge < -0.3 is 39.8 Å². The Morgan fingerprint density at radius 2 is 1.60 bits per heavy atom. The zero-order valence-electron chi connectivity index (χ0n) is 22.9. The number of hydrogen-bond acceptors (Lipinski definition) is 9. The van der Waals surface area contributed by atoms with E-state index in [2.05, 4.69) is 0 Å². The largest absolute Gasteiger partial charge is 0.508 e. The minimum atomic E-state index is -0.935. The number of Topliss-reactive ketones (excluding diaryl/α,β-unsaturated/α-hetero) is 1. The van der Waals surface area contributed by atoms with Crippen LogP contribution in [0, 0.1) is 17.8 Å². The Hall–Kier alpha value is -5.15. The van der Waals surface area contributed by atoms with Gasteiger partial charge in [0.25, 0.3) is 0 Å². The standard InChI is InChI=1S/C34H28O9/c1-34-14-23(21-6-4-20(37)13-30(21)43-34)31(33(41)22-7-5-18(35)11-25(22)38)24(15-34)32-26(39)8-17(9-27(32)40)28-10-16-2-3-19(36)12-29(16)42-28/h2-13,15,21,23,30-31,35-40H,14H2,1H3. The van der Waals surface area contributed by atoms with Crippen molar-refractivity contribution in [1.82, 2.24) is 0 Å². The maximum absolute atomic E-state index is 14.3. The van der Waals surface area contributed by atoms with E-state index in [1.54, 1.807) is 36.4 Å². The summed E-state index contributed by atoms with van der Waals surface area (Å²) in [5.41, 5.74) is 0.265. The molecule has 7 rings (SSSR count). The van der Waals surface area contributed by atoms with Crippen LogP contribution in [-0.2, 0) is 4.74 Å². The van der Waals surface area contributed by atoms with Crippen LogP contribution in [0.4, 0.5) is 0 Å². The van der Waals surface area contributed by atoms with Crippen LogP contribution in [-0.4, -0.2) is 48.1 Å². The van der Waals surface area contributed by atoms with Crippen molar-refractivity contribution in [3.8, 4) is 40.1 Å². The van der Waals surface area contributed by atoms with Crippen LogP contribution in [0.25, 0.3) is 27.9 Å². The molecule has 0 spiro atoms. The molecule has 4 aromatic rings. The third kappa shape index (κ3) is 4.40. The molecule has 218 valence electrons. The number of ether oxygens (including phenoxy) is 1. The van der Waals surface area contributed by atoms with E-state index in [4.69, 9.17) is 9.15 Å². The van der Waals surface area contributed by atoms with Gasteiger partial charge in [-0.15, -0.1) is 0 Å². The third-order valence-electron chi connectivity index (χ3n) is 8.67. The number of benzene rings is 3. The number of hydrogen-bond donors (Lipinski definition) is 6. The number of aromatic hydroxyl groups is 5. The van der Waals surface area contributed by atoms with E-state index in [0.29, 0.717) is 28.9 Å². The number of fused-ring (bicyclic) bond motifs is 5. The summed E-state index contributed by atoms with van der Waals surface area (Å²) in [5.74, 6) is -2.85. The van der Waals surface area contributed by atoms with Crippen LogP contribution >= 0.6 is 0 Å². The second kappa shape index (κ2) is 9.43. The van der Waals surface area contributed by atoms with Gasteiger partial charge in [-0.25, -0.2) is 0 Å². The molecule has 1 aliphatic heterocycles. The average molecular weight is 581 g/mol. The van der Waals surface area contributed by atoms with Crippen molar-refractivity contribution >= 4 is 22.3 Å². The van der Waals surface area contributed by atoms with Gasteiger partial charge in [-0.05, 0) is 85.5 Å². The van der Waals surface area contributed by atoms with Crippen molar-refractivity contribution in [2.75, 3.05) is 0 Å². The van der Waals surface area contributed by atoms with Gasteiger partial charge in [0.1, 0.15) is 45.8 Å². The lowest BCUT2D eigenvalue weighted by Crippen LogP contribution is -2.52. The van der Waals surface area contributed by atoms with Crippen molar-refractivity contribution in [3.05, 3.63) is 95.8 Å². The van der Waals surface area contributed by atoms with Gasteiger partial charge in [0, 0.05) is 29.0 Å². The number of phenols is 5. The average Bonchev–Trinajstić information content (AvgIpc) is 3.35. The molecule has 1 saturated heterocycles. The SMILES string of the molecule is CC12C=C(c3c(O)cc(-c4cc5ccc(O)cc5o4)cc3O)C(C(=O)c3ccc(O)cc3O)C(C1)C1C=CC(O)=CC1O2. The lowest BCUT2D eigenvalue weighted by Gasteiger charge is -2.51. The second-order valence-electron chi connectivity index (χ2n) is 11.7. The van der Waals surface area contributed by atoms with E-state index < -0.39 is 35.1 Å². The first-order chi connectivity index (χ1) is 20.5. The third-order valence-corrected chi connectivity index (χ3v) is 8.67. The molecule has 0 amide bonds. The number of ketones is 1. The summed E-state index contributed by atoms with van der Waals surface area (Å²) in [5, 5.41) is 64.0. The summed E-state index contributed by atoms with van der Waals surface area (Å²) in [4.78, 5) is 14.3. The molecule has 3 aromatic carbocycles. The van der Waals surface area contributed by atoms with Crippen LogP contribution < -0.4 is 0 Å². The smallest absolute Gasteiger partial charge is 0.174 e. The molecule has 2 aliphatic carbocycles. The summed E-state index contributed by atoms with van der Waals surface area (Å²) < 4.78 is 12.3. The van der Waals surface area contributed by atoms with Gasteiger partial charge in [-0.2, -0.15) is 0 Å². The van der Waals surface area contributed by atoms with E-state index in [0.717, 1.165) is 11.5 Å². The summed E-state index contributed by atoms with van der Waals surface area (Å²) in [7, 11) is 0. The summed E-state index contributed by atoms with van der Waals surface area (Å²) in [6.07, 6.45) is 6.59. The van der Waals surface area contributed by atoms with E-state index in [1.807, 2.05) is 6.92 Å². The van der Waals surface area contributed by atoms with E-state index >= 15 is 0 Å². The summed E-state index contributed by atoms with van der Waals surface area (Å²) in [6.45, 7) is 1.85. The van der Waals surface area contributed by atoms with Crippen LogP contribution in [0.2, 0.25) is 0 Å². The maximum Gasteiger partial charge on any atom is 0.174 e. The monoisotopic (exact) mass is 580 g/mol. The van der Waals surface area contributed by atoms with Crippen molar-refractivity contribution < 1.29 is 44.6 Å². The minimum Gasteiger partial charge on any atom is -0.508 e. The molecule has 9 heteroatoms. The first-order valence-electron chi connectivity index (χ1n) is 13.8. The second-order valence-corrected chi connectivity index (χ2v) is 11.7. The first-order valence-corrected chi connectivity index (χ1v) is 13.8. The molecule has 0 saturated carbocycles. The highest BCUT2D eigenvalue weighted by atomic mass is 16.5. The number of furan rings is 1. The Morgan fingerprint density at radius 1 is 0.884 bits per heavy atom. The van der Waals surface area contributed by atoms with E-state index in [1.165, 1.54) is 36.4 Å². The number of carbonyl (C=O) groups excluding carboxylic acids is 1. The molecule has 2 heterocycles. The highest BCUT2D eigenvalue weighted by Gasteiger charge is 2.53. The van der Waals surface area contributed by atoms with Gasteiger partial charge in [-0.3, -0.25) is 4.79 Å². The predicted octanol–water partition coefficient (Wildman–Crippen LogP) is 6.32. The molecule has 5 unspecified atom stereocenters. The van der Waals surface area contributed by atoms with Gasteiger partial charge in [0.05, 0.1) is 28.7 Å². The Morgan fingerprint density at radius 3 is 2.35 bits per heavy atom. The summed E-state index contributed by atoms with van der Waals surface area (Å²) >= 11 is 0. The van der Waals surface area contributed by atoms with E-state index in [9.17, 15) is 35.4 Å². The van der Waals surface area contributed by atoms with Crippen molar-refractivity contribution in [3.63, 3.8) is 0 Å². The van der Waals surface area contributed by atoms with Crippen molar-refractivity contribution in [2.45, 2.75) is 25.0 Å². The molecule has 1 fully saturated rings. The molecule has 2 bridgehead atoms. The number of aliphatic hydroxyl groups is 1. The summed E-state index contributed by atoms with van der Waals surface area (Å²) in [6, 6.07) is 13.0. The topological polar surface area (TPSA) is 161 Å². The maximum atomic E-state index is 14.3. The normalized spacial score (nSPS) is 26.1. The lowest BCUT2D eigenvalue weighted by atomic mass is 9.60. The van der Waals surface area contributed by atoms with E-state index in [-0.39, 0.29) is 45.8 Å². The number of carbonyl (C=O) groups is 1. The van der Waals surface area contributed by atoms with Crippen molar-refractivity contribution in [2.24, 2.45) is 17.8 Å². The molecular formula is C34H28O9. The number of phenolic OH excluding ortho intramolecular Hbond substituents is 5. The fraction of sp³-hybridized carbons (Fsp3) is 0.206. The molecule has 5 atom stereocenters. The van der Waals surface area contributed by atoms with Gasteiger partial charge in [0.15, 0.2) is 5.78 Å². The Bertz CT molecular complexity index is 1890. The highest BCUT2D eigenvalue weighted by molar-refractivity contribution is 6.08. The van der Waals surface area contributed by atoms with Gasteiger partial charge in [-0.1, -0.05) is 6.08 Å². The highest BCUT2D eigenvalue weighted by Crippen LogP contribution is 2.55. The zero-order valence-corrected chi connectivity index (χ0v) is 22.9. The fourth-order valence-electron chi connectivity index (χ4n) is 6.87. The first kappa shape index (κ1) is 26.7. The quantitative estimate of drug-likeness (QED) is 0.152. The number of aliphatic hydroxyl groups excluding tert-OH is 1. The molecule has 6 N–H and O–H groups in total. The fourth-order valence-corrected chi connectivity index (χ4v) is 6.87. The molecule has 0 radical (unpaired) electrons. The van der Waals surface area contributed by atoms with Gasteiger partial charge in [0.2, 0.25) is 0 Å². The van der Waals surface area contributed by atoms with Crippen LogP contribution in [0.1, 0.15) is 29.3 Å². The van der Waals surface area contributed by atoms with Crippen molar-refractivity contribution in [1.29, 1.82) is 0 Å². The molecule has 9 nitrogen and oxygen atoms in total. The lowest BCUT2D eigenvalue weighted by molar-refractivity contribution is -0.120. The molecule has 1 aromatic heterocycles.